The molecule has 3 aliphatic rings. The van der Waals surface area contributed by atoms with Gasteiger partial charge in [0.15, 0.2) is 0 Å². The SMILES string of the molecule is NC(=O)CC(c1ccccc1)N1C(=O)C2C3C=CC(C3)C2C1=O. The van der Waals surface area contributed by atoms with Crippen molar-refractivity contribution in [1.82, 2.24) is 4.90 Å². The lowest BCUT2D eigenvalue weighted by molar-refractivity contribution is -0.144. The lowest BCUT2D eigenvalue weighted by Gasteiger charge is -2.27. The zero-order valence-electron chi connectivity index (χ0n) is 12.6. The number of likely N-dealkylation sites (tertiary alicyclic amines) is 1. The van der Waals surface area contributed by atoms with E-state index in [2.05, 4.69) is 12.2 Å². The molecule has 5 heteroatoms. The van der Waals surface area contributed by atoms with E-state index in [-0.39, 0.29) is 41.9 Å². The molecule has 5 nitrogen and oxygen atoms in total. The van der Waals surface area contributed by atoms with Gasteiger partial charge in [-0.25, -0.2) is 0 Å². The van der Waals surface area contributed by atoms with Gasteiger partial charge in [0.2, 0.25) is 17.7 Å². The van der Waals surface area contributed by atoms with Crippen molar-refractivity contribution in [3.05, 3.63) is 48.0 Å². The number of benzene rings is 1. The molecule has 1 saturated carbocycles. The zero-order chi connectivity index (χ0) is 16.1. The monoisotopic (exact) mass is 310 g/mol. The third-order valence-corrected chi connectivity index (χ3v) is 5.39. The van der Waals surface area contributed by atoms with Gasteiger partial charge in [0.1, 0.15) is 0 Å². The smallest absolute Gasteiger partial charge is 0.234 e. The Balaban J connectivity index is 1.71. The number of carbonyl (C=O) groups is 3. The van der Waals surface area contributed by atoms with Gasteiger partial charge in [-0.05, 0) is 23.8 Å². The number of hydrogen-bond acceptors (Lipinski definition) is 3. The van der Waals surface area contributed by atoms with E-state index in [4.69, 9.17) is 5.73 Å². The van der Waals surface area contributed by atoms with Gasteiger partial charge in [-0.2, -0.15) is 0 Å². The largest absolute Gasteiger partial charge is 0.370 e. The van der Waals surface area contributed by atoms with Crippen LogP contribution in [-0.4, -0.2) is 22.6 Å². The number of fused-ring (bicyclic) bond motifs is 5. The number of allylic oxidation sites excluding steroid dienone is 2. The Kier molecular flexibility index (Phi) is 3.11. The Morgan fingerprint density at radius 3 is 2.17 bits per heavy atom. The summed E-state index contributed by atoms with van der Waals surface area (Å²) in [4.78, 5) is 38.6. The van der Waals surface area contributed by atoms with Gasteiger partial charge in [-0.3, -0.25) is 19.3 Å². The van der Waals surface area contributed by atoms with E-state index in [1.54, 1.807) is 0 Å². The average Bonchev–Trinajstić information content (AvgIpc) is 3.20. The predicted octanol–water partition coefficient (Wildman–Crippen LogP) is 1.41. The first-order chi connectivity index (χ1) is 11.1. The third-order valence-electron chi connectivity index (χ3n) is 5.39. The lowest BCUT2D eigenvalue weighted by atomic mass is 9.85. The van der Waals surface area contributed by atoms with E-state index in [0.717, 1.165) is 12.0 Å². The highest BCUT2D eigenvalue weighted by molar-refractivity contribution is 6.07. The van der Waals surface area contributed by atoms with Crippen LogP contribution < -0.4 is 5.73 Å². The molecule has 1 aromatic carbocycles. The van der Waals surface area contributed by atoms with Crippen molar-refractivity contribution in [2.45, 2.75) is 18.9 Å². The molecular formula is C18H18N2O3. The molecule has 5 unspecified atom stereocenters. The second kappa shape index (κ2) is 5.05. The molecule has 3 amide bonds. The van der Waals surface area contributed by atoms with Crippen molar-refractivity contribution in [2.75, 3.05) is 0 Å². The minimum atomic E-state index is -0.598. The fraction of sp³-hybridized carbons (Fsp3) is 0.389. The maximum Gasteiger partial charge on any atom is 0.234 e. The van der Waals surface area contributed by atoms with Crippen LogP contribution in [0, 0.1) is 23.7 Å². The van der Waals surface area contributed by atoms with Crippen LogP contribution in [0.4, 0.5) is 0 Å². The Hall–Kier alpha value is -2.43. The van der Waals surface area contributed by atoms with Crippen LogP contribution in [0.3, 0.4) is 0 Å². The summed E-state index contributed by atoms with van der Waals surface area (Å²) in [6.45, 7) is 0. The number of rotatable bonds is 4. The van der Waals surface area contributed by atoms with E-state index in [9.17, 15) is 14.4 Å². The minimum Gasteiger partial charge on any atom is -0.370 e. The molecule has 1 saturated heterocycles. The summed E-state index contributed by atoms with van der Waals surface area (Å²) < 4.78 is 0. The number of amides is 3. The molecular weight excluding hydrogens is 292 g/mol. The van der Waals surface area contributed by atoms with Crippen LogP contribution in [0.1, 0.15) is 24.4 Å². The molecule has 2 fully saturated rings. The molecule has 2 bridgehead atoms. The van der Waals surface area contributed by atoms with Gasteiger partial charge < -0.3 is 5.73 Å². The van der Waals surface area contributed by atoms with Crippen LogP contribution in [0.2, 0.25) is 0 Å². The Bertz CT molecular complexity index is 682. The van der Waals surface area contributed by atoms with Gasteiger partial charge in [-0.15, -0.1) is 0 Å². The molecule has 2 aliphatic carbocycles. The topological polar surface area (TPSA) is 80.5 Å². The van der Waals surface area contributed by atoms with Crippen molar-refractivity contribution in [2.24, 2.45) is 29.4 Å². The summed E-state index contributed by atoms with van der Waals surface area (Å²) in [7, 11) is 0. The highest BCUT2D eigenvalue weighted by atomic mass is 16.2. The quantitative estimate of drug-likeness (QED) is 0.674. The van der Waals surface area contributed by atoms with Crippen LogP contribution in [0.15, 0.2) is 42.5 Å². The zero-order valence-corrected chi connectivity index (χ0v) is 12.6. The Morgan fingerprint density at radius 2 is 1.65 bits per heavy atom. The second-order valence-corrected chi connectivity index (χ2v) is 6.64. The van der Waals surface area contributed by atoms with E-state index in [1.807, 2.05) is 30.3 Å². The number of primary amides is 1. The van der Waals surface area contributed by atoms with E-state index < -0.39 is 11.9 Å². The molecule has 1 aliphatic heterocycles. The predicted molar refractivity (Wildman–Crippen MR) is 82.6 cm³/mol. The summed E-state index contributed by atoms with van der Waals surface area (Å²) >= 11 is 0. The first-order valence-corrected chi connectivity index (χ1v) is 7.96. The highest BCUT2D eigenvalue weighted by Crippen LogP contribution is 2.54. The first kappa shape index (κ1) is 14.2. The molecule has 5 atom stereocenters. The molecule has 23 heavy (non-hydrogen) atoms. The van der Waals surface area contributed by atoms with Crippen molar-refractivity contribution in [3.8, 4) is 0 Å². The summed E-state index contributed by atoms with van der Waals surface area (Å²) in [6, 6.07) is 8.58. The Morgan fingerprint density at radius 1 is 1.09 bits per heavy atom. The molecule has 0 aromatic heterocycles. The summed E-state index contributed by atoms with van der Waals surface area (Å²) in [5.41, 5.74) is 6.14. The van der Waals surface area contributed by atoms with Gasteiger partial charge >= 0.3 is 0 Å². The van der Waals surface area contributed by atoms with Crippen molar-refractivity contribution < 1.29 is 14.4 Å². The van der Waals surface area contributed by atoms with Gasteiger partial charge in [-0.1, -0.05) is 42.5 Å². The normalized spacial score (nSPS) is 32.4. The van der Waals surface area contributed by atoms with Gasteiger partial charge in [0, 0.05) is 0 Å². The van der Waals surface area contributed by atoms with Crippen molar-refractivity contribution >= 4 is 17.7 Å². The molecule has 1 heterocycles. The summed E-state index contributed by atoms with van der Waals surface area (Å²) in [5, 5.41) is 0. The van der Waals surface area contributed by atoms with E-state index in [1.165, 1.54) is 4.90 Å². The van der Waals surface area contributed by atoms with Crippen molar-refractivity contribution in [1.29, 1.82) is 0 Å². The number of imide groups is 1. The molecule has 4 rings (SSSR count). The van der Waals surface area contributed by atoms with E-state index in [0.29, 0.717) is 0 Å². The molecule has 0 radical (unpaired) electrons. The Labute approximate surface area is 134 Å². The fourth-order valence-corrected chi connectivity index (χ4v) is 4.46. The van der Waals surface area contributed by atoms with Crippen LogP contribution >= 0.6 is 0 Å². The van der Waals surface area contributed by atoms with Crippen LogP contribution in [0.5, 0.6) is 0 Å². The molecule has 1 aromatic rings. The van der Waals surface area contributed by atoms with Crippen LogP contribution in [-0.2, 0) is 14.4 Å². The molecule has 0 spiro atoms. The molecule has 118 valence electrons. The summed E-state index contributed by atoms with van der Waals surface area (Å²) in [6.07, 6.45) is 4.98. The molecule has 2 N–H and O–H groups in total. The fourth-order valence-electron chi connectivity index (χ4n) is 4.46. The maximum absolute atomic E-state index is 12.9. The first-order valence-electron chi connectivity index (χ1n) is 7.96. The van der Waals surface area contributed by atoms with E-state index >= 15 is 0 Å². The highest BCUT2D eigenvalue weighted by Gasteiger charge is 2.60. The number of nitrogens with zero attached hydrogens (tertiary/aromatic N) is 1. The maximum atomic E-state index is 12.9. The summed E-state index contributed by atoms with van der Waals surface area (Å²) in [5.74, 6) is -0.988. The number of nitrogens with two attached hydrogens (primary N) is 1. The minimum absolute atomic E-state index is 0.0380. The van der Waals surface area contributed by atoms with Crippen LogP contribution in [0.25, 0.3) is 0 Å². The third kappa shape index (κ3) is 2.03. The average molecular weight is 310 g/mol. The lowest BCUT2D eigenvalue weighted by Crippen LogP contribution is -2.38. The van der Waals surface area contributed by atoms with Gasteiger partial charge in [0.25, 0.3) is 0 Å². The standard InChI is InChI=1S/C18H18N2O3/c19-14(21)9-13(10-4-2-1-3-5-10)20-17(22)15-11-6-7-12(8-11)16(15)18(20)23/h1-7,11-13,15-16H,8-9H2,(H2,19,21). The van der Waals surface area contributed by atoms with Gasteiger partial charge in [0.05, 0.1) is 24.3 Å². The number of hydrogen-bond donors (Lipinski definition) is 1. The number of carbonyl (C=O) groups excluding carboxylic acids is 3. The van der Waals surface area contributed by atoms with Crippen molar-refractivity contribution in [3.63, 3.8) is 0 Å². The second-order valence-electron chi connectivity index (χ2n) is 6.64.